The Hall–Kier alpha value is -3.56. The molecule has 340 valence electrons. The fourth-order valence-electron chi connectivity index (χ4n) is 5.70. The van der Waals surface area contributed by atoms with Gasteiger partial charge in [-0.25, -0.2) is 0 Å². The number of carboxylic acid groups (broad SMARTS) is 1. The van der Waals surface area contributed by atoms with Crippen molar-refractivity contribution in [2.45, 2.75) is 161 Å². The Balaban J connectivity index is 3.57. The van der Waals surface area contributed by atoms with Gasteiger partial charge in [-0.1, -0.05) is 174 Å². The van der Waals surface area contributed by atoms with E-state index in [-0.39, 0.29) is 25.8 Å². The maximum absolute atomic E-state index is 12.0. The Morgan fingerprint density at radius 1 is 0.517 bits per heavy atom. The molecule has 2 atom stereocenters. The minimum atomic E-state index is -1.58. The van der Waals surface area contributed by atoms with E-state index >= 15 is 0 Å². The van der Waals surface area contributed by atoms with Crippen molar-refractivity contribution in [1.29, 1.82) is 0 Å². The molecule has 0 saturated heterocycles. The number of ether oxygens (including phenoxy) is 3. The first kappa shape index (κ1) is 56.4. The third-order valence-electron chi connectivity index (χ3n) is 9.27. The number of rotatable bonds is 41. The molecule has 60 heavy (non-hydrogen) atoms. The molecule has 0 spiro atoms. The summed E-state index contributed by atoms with van der Waals surface area (Å²) >= 11 is 0. The van der Waals surface area contributed by atoms with Crippen LogP contribution >= 0.6 is 0 Å². The first-order valence-electron chi connectivity index (χ1n) is 23.1. The number of aliphatic carboxylic acids is 1. The maximum Gasteiger partial charge on any atom is 0.305 e. The summed E-state index contributed by atoms with van der Waals surface area (Å²) < 4.78 is 16.0. The van der Waals surface area contributed by atoms with Gasteiger partial charge >= 0.3 is 5.97 Å². The van der Waals surface area contributed by atoms with E-state index < -0.39 is 18.4 Å². The number of hydrogen-bond acceptors (Lipinski definition) is 7. The van der Waals surface area contributed by atoms with E-state index in [2.05, 4.69) is 116 Å². The summed E-state index contributed by atoms with van der Waals surface area (Å²) in [6.07, 6.45) is 61.2. The summed E-state index contributed by atoms with van der Waals surface area (Å²) in [4.78, 5) is 23.2. The predicted octanol–water partition coefficient (Wildman–Crippen LogP) is 11.3. The van der Waals surface area contributed by atoms with Gasteiger partial charge in [0.2, 0.25) is 0 Å². The van der Waals surface area contributed by atoms with Crippen LogP contribution in [0.3, 0.4) is 0 Å². The monoisotopic (exact) mass is 836 g/mol. The molecule has 0 aliphatic heterocycles. The highest BCUT2D eigenvalue weighted by Gasteiger charge is 2.17. The van der Waals surface area contributed by atoms with Gasteiger partial charge in [-0.05, 0) is 77.0 Å². The zero-order valence-electron chi connectivity index (χ0n) is 38.3. The molecule has 0 bridgehead atoms. The number of allylic oxidation sites excluding steroid dienone is 18. The van der Waals surface area contributed by atoms with Gasteiger partial charge < -0.3 is 33.7 Å². The number of aliphatic hydroxyl groups is 1. The van der Waals surface area contributed by atoms with Gasteiger partial charge in [0.15, 0.2) is 6.29 Å². The lowest BCUT2D eigenvalue weighted by Gasteiger charge is -2.26. The average molecular weight is 836 g/mol. The number of nitrogens with zero attached hydrogens (tertiary/aromatic N) is 1. The summed E-state index contributed by atoms with van der Waals surface area (Å²) in [5.74, 6) is -1.88. The number of aliphatic hydroxyl groups excluding tert-OH is 1. The van der Waals surface area contributed by atoms with E-state index in [1.165, 1.54) is 57.8 Å². The van der Waals surface area contributed by atoms with Crippen LogP contribution in [0, 0.1) is 0 Å². The van der Waals surface area contributed by atoms with E-state index in [0.29, 0.717) is 17.4 Å². The third-order valence-corrected chi connectivity index (χ3v) is 9.27. The van der Waals surface area contributed by atoms with Gasteiger partial charge in [-0.2, -0.15) is 0 Å². The predicted molar refractivity (Wildman–Crippen MR) is 250 cm³/mol. The summed E-state index contributed by atoms with van der Waals surface area (Å²) in [5.41, 5.74) is 0. The number of carbonyl (C=O) groups is 2. The first-order chi connectivity index (χ1) is 29.2. The number of carboxylic acids is 1. The molecule has 1 N–H and O–H groups in total. The van der Waals surface area contributed by atoms with Crippen molar-refractivity contribution in [2.75, 3.05) is 47.5 Å². The largest absolute Gasteiger partial charge is 0.545 e. The Morgan fingerprint density at radius 2 is 0.883 bits per heavy atom. The second-order valence-corrected chi connectivity index (χ2v) is 16.2. The van der Waals surface area contributed by atoms with Crippen LogP contribution in [-0.4, -0.2) is 81.4 Å². The topological polar surface area (TPSA) is 105 Å². The molecule has 0 saturated carbocycles. The molecule has 8 nitrogen and oxygen atoms in total. The normalized spacial score (nSPS) is 14.1. The third kappa shape index (κ3) is 45.5. The summed E-state index contributed by atoms with van der Waals surface area (Å²) in [6, 6.07) is 0. The van der Waals surface area contributed by atoms with Gasteiger partial charge in [-0.15, -0.1) is 0 Å². The standard InChI is InChI=1S/C52H85NO7/c1-5-6-7-8-9-10-11-12-13-14-15-16-17-18-19-20-21-22-23-24-25-26-27-28-29-30-31-32-33-34-35-36-37-38-39-40-41-42-43-44-50(55)59-47-49(54)48-60-52(51(56)57)58-46-45-53(2,3)4/h6-7,9-10,12-13,15-16,18-19,21-22,24-25,27-28,30-31,49,52,54H,5,8,11,14,17,20,23,26,29,32-48H2,1-4H3/b7-6-,10-9-,13-12-,16-15-,19-18-,22-21-,25-24-,28-27-,31-30-. The molecule has 0 amide bonds. The smallest absolute Gasteiger partial charge is 0.305 e. The molecular formula is C52H85NO7. The zero-order valence-corrected chi connectivity index (χ0v) is 38.3. The van der Waals surface area contributed by atoms with Gasteiger partial charge in [0, 0.05) is 6.42 Å². The van der Waals surface area contributed by atoms with Crippen molar-refractivity contribution in [1.82, 2.24) is 0 Å². The highest BCUT2D eigenvalue weighted by Crippen LogP contribution is 2.13. The van der Waals surface area contributed by atoms with Gasteiger partial charge in [-0.3, -0.25) is 4.79 Å². The second kappa shape index (κ2) is 43.5. The van der Waals surface area contributed by atoms with Crippen molar-refractivity contribution in [3.63, 3.8) is 0 Å². The van der Waals surface area contributed by atoms with E-state index in [0.717, 1.165) is 77.0 Å². The molecule has 0 aliphatic carbocycles. The van der Waals surface area contributed by atoms with E-state index in [1.54, 1.807) is 0 Å². The van der Waals surface area contributed by atoms with Gasteiger partial charge in [0.05, 0.1) is 40.3 Å². The van der Waals surface area contributed by atoms with Crippen LogP contribution in [0.4, 0.5) is 0 Å². The molecule has 0 aliphatic rings. The van der Waals surface area contributed by atoms with E-state index in [4.69, 9.17) is 14.2 Å². The van der Waals surface area contributed by atoms with Gasteiger partial charge in [0.25, 0.3) is 0 Å². The maximum atomic E-state index is 12.0. The summed E-state index contributed by atoms with van der Waals surface area (Å²) in [5, 5.41) is 21.2. The molecule has 0 aromatic carbocycles. The van der Waals surface area contributed by atoms with Crippen molar-refractivity contribution < 1.29 is 38.5 Å². The van der Waals surface area contributed by atoms with Crippen LogP contribution in [0.25, 0.3) is 0 Å². The number of quaternary nitrogens is 1. The average Bonchev–Trinajstić information content (AvgIpc) is 3.21. The first-order valence-corrected chi connectivity index (χ1v) is 23.1. The van der Waals surface area contributed by atoms with Crippen LogP contribution in [0.2, 0.25) is 0 Å². The summed E-state index contributed by atoms with van der Waals surface area (Å²) in [7, 11) is 5.87. The van der Waals surface area contributed by atoms with E-state index in [1.807, 2.05) is 21.1 Å². The Morgan fingerprint density at radius 3 is 1.27 bits per heavy atom. The van der Waals surface area contributed by atoms with Crippen LogP contribution in [0.1, 0.15) is 148 Å². The van der Waals surface area contributed by atoms with Crippen LogP contribution in [-0.2, 0) is 23.8 Å². The molecule has 0 fully saturated rings. The highest BCUT2D eigenvalue weighted by molar-refractivity contribution is 5.69. The molecule has 0 heterocycles. The Bertz CT molecular complexity index is 1280. The number of esters is 1. The SMILES string of the molecule is CC/C=C\C/C=C\C/C=C\C/C=C\C/C=C\C/C=C\C/C=C\C/C=C\C/C=C\CCCCCCCCCCCCCC(=O)OCC(O)COC(OCC[N+](C)(C)C)C(=O)[O-]. The van der Waals surface area contributed by atoms with Gasteiger partial charge in [0.1, 0.15) is 19.3 Å². The summed E-state index contributed by atoms with van der Waals surface area (Å²) in [6.45, 7) is 2.32. The molecule has 2 unspecified atom stereocenters. The lowest BCUT2D eigenvalue weighted by Crippen LogP contribution is -2.44. The second-order valence-electron chi connectivity index (χ2n) is 16.2. The minimum absolute atomic E-state index is 0.165. The molecule has 0 radical (unpaired) electrons. The zero-order chi connectivity index (χ0) is 44.0. The molecule has 0 aromatic rings. The molecular weight excluding hydrogens is 751 g/mol. The highest BCUT2D eigenvalue weighted by atomic mass is 16.7. The Kier molecular flexibility index (Phi) is 40.9. The molecule has 0 rings (SSSR count). The number of likely N-dealkylation sites (N-methyl/N-ethyl adjacent to an activating group) is 1. The Labute approximate surface area is 366 Å². The van der Waals surface area contributed by atoms with E-state index in [9.17, 15) is 19.8 Å². The minimum Gasteiger partial charge on any atom is -0.545 e. The van der Waals surface area contributed by atoms with Crippen molar-refractivity contribution >= 4 is 11.9 Å². The lowest BCUT2D eigenvalue weighted by atomic mass is 10.0. The lowest BCUT2D eigenvalue weighted by molar-refractivity contribution is -0.870. The van der Waals surface area contributed by atoms with Crippen molar-refractivity contribution in [2.24, 2.45) is 0 Å². The van der Waals surface area contributed by atoms with Crippen LogP contribution in [0.15, 0.2) is 109 Å². The fourth-order valence-corrected chi connectivity index (χ4v) is 5.70. The quantitative estimate of drug-likeness (QED) is 0.0215. The van der Waals surface area contributed by atoms with Crippen LogP contribution in [0.5, 0.6) is 0 Å². The number of carbonyl (C=O) groups excluding carboxylic acids is 2. The van der Waals surface area contributed by atoms with Crippen molar-refractivity contribution in [3.8, 4) is 0 Å². The number of hydrogen-bond donors (Lipinski definition) is 1. The van der Waals surface area contributed by atoms with Crippen LogP contribution < -0.4 is 5.11 Å². The van der Waals surface area contributed by atoms with Crippen molar-refractivity contribution in [3.05, 3.63) is 109 Å². The molecule has 8 heteroatoms. The number of unbranched alkanes of at least 4 members (excludes halogenated alkanes) is 11. The molecule has 0 aromatic heterocycles. The fraction of sp³-hybridized carbons (Fsp3) is 0.615.